The third-order valence-electron chi connectivity index (χ3n) is 5.23. The summed E-state index contributed by atoms with van der Waals surface area (Å²) in [4.78, 5) is 29.2. The van der Waals surface area contributed by atoms with E-state index in [-0.39, 0.29) is 30.7 Å². The second kappa shape index (κ2) is 8.88. The van der Waals surface area contributed by atoms with Crippen LogP contribution in [-0.2, 0) is 4.79 Å². The molecular formula is C20H27N5O3. The SMILES string of the molecule is CCN(CC(=O)O)C1CC(NC(=O)NC(C)c2cccc(-n3ccnc3)c2)C1. The van der Waals surface area contributed by atoms with Crippen LogP contribution in [0.5, 0.6) is 0 Å². The zero-order chi connectivity index (χ0) is 20.1. The molecule has 28 heavy (non-hydrogen) atoms. The summed E-state index contributed by atoms with van der Waals surface area (Å²) in [7, 11) is 0. The molecule has 0 bridgehead atoms. The second-order valence-corrected chi connectivity index (χ2v) is 7.18. The molecule has 0 radical (unpaired) electrons. The molecule has 1 aliphatic carbocycles. The molecule has 1 heterocycles. The number of hydrogen-bond acceptors (Lipinski definition) is 4. The summed E-state index contributed by atoms with van der Waals surface area (Å²) in [6, 6.07) is 7.91. The Morgan fingerprint density at radius 2 is 2.18 bits per heavy atom. The van der Waals surface area contributed by atoms with E-state index in [2.05, 4.69) is 15.6 Å². The van der Waals surface area contributed by atoms with Crippen LogP contribution in [0.4, 0.5) is 4.79 Å². The maximum absolute atomic E-state index is 12.3. The fourth-order valence-electron chi connectivity index (χ4n) is 3.55. The van der Waals surface area contributed by atoms with E-state index in [0.29, 0.717) is 6.54 Å². The number of carbonyl (C=O) groups is 2. The Morgan fingerprint density at radius 3 is 2.82 bits per heavy atom. The van der Waals surface area contributed by atoms with Crippen LogP contribution in [0.25, 0.3) is 5.69 Å². The van der Waals surface area contributed by atoms with Crippen molar-refractivity contribution in [2.45, 2.75) is 44.8 Å². The maximum Gasteiger partial charge on any atom is 0.317 e. The number of aromatic nitrogens is 2. The fourth-order valence-corrected chi connectivity index (χ4v) is 3.55. The molecule has 1 unspecified atom stereocenters. The second-order valence-electron chi connectivity index (χ2n) is 7.18. The highest BCUT2D eigenvalue weighted by Gasteiger charge is 2.34. The molecule has 8 nitrogen and oxygen atoms in total. The quantitative estimate of drug-likeness (QED) is 0.647. The summed E-state index contributed by atoms with van der Waals surface area (Å²) in [5, 5.41) is 14.9. The number of likely N-dealkylation sites (N-methyl/N-ethyl adjacent to an activating group) is 1. The number of carboxylic acids is 1. The molecule has 1 saturated carbocycles. The lowest BCUT2D eigenvalue weighted by Crippen LogP contribution is -2.56. The highest BCUT2D eigenvalue weighted by Crippen LogP contribution is 2.25. The molecule has 1 aliphatic rings. The summed E-state index contributed by atoms with van der Waals surface area (Å²) in [6.45, 7) is 4.64. The third-order valence-corrected chi connectivity index (χ3v) is 5.23. The van der Waals surface area contributed by atoms with Crippen LogP contribution in [0.15, 0.2) is 43.0 Å². The van der Waals surface area contributed by atoms with Gasteiger partial charge in [-0.05, 0) is 44.0 Å². The van der Waals surface area contributed by atoms with Crippen molar-refractivity contribution in [1.82, 2.24) is 25.1 Å². The standard InChI is InChI=1S/C20H27N5O3/c1-3-24(12-19(26)27)18-10-16(11-18)23-20(28)22-14(2)15-5-4-6-17(9-15)25-8-7-21-13-25/h4-9,13-14,16,18H,3,10-12H2,1-2H3,(H,26,27)(H2,22,23,28). The Balaban J connectivity index is 1.48. The monoisotopic (exact) mass is 385 g/mol. The number of urea groups is 1. The van der Waals surface area contributed by atoms with E-state index >= 15 is 0 Å². The van der Waals surface area contributed by atoms with Crippen LogP contribution in [0, 0.1) is 0 Å². The minimum atomic E-state index is -0.817. The molecule has 3 rings (SSSR count). The number of hydrogen-bond donors (Lipinski definition) is 3. The van der Waals surface area contributed by atoms with Crippen LogP contribution in [-0.4, -0.2) is 56.7 Å². The minimum absolute atomic E-state index is 0.0460. The predicted octanol–water partition coefficient (Wildman–Crippen LogP) is 2.17. The summed E-state index contributed by atoms with van der Waals surface area (Å²) in [5.74, 6) is -0.817. The summed E-state index contributed by atoms with van der Waals surface area (Å²) in [6.07, 6.45) is 6.89. The molecule has 1 atom stereocenters. The van der Waals surface area contributed by atoms with E-state index in [4.69, 9.17) is 5.11 Å². The van der Waals surface area contributed by atoms with Gasteiger partial charge in [-0.1, -0.05) is 19.1 Å². The Bertz CT molecular complexity index is 802. The van der Waals surface area contributed by atoms with Crippen LogP contribution in [0.1, 0.15) is 38.3 Å². The summed E-state index contributed by atoms with van der Waals surface area (Å²) >= 11 is 0. The van der Waals surface area contributed by atoms with Gasteiger partial charge in [-0.2, -0.15) is 0 Å². The first-order chi connectivity index (χ1) is 13.5. The summed E-state index contributed by atoms with van der Waals surface area (Å²) in [5.41, 5.74) is 2.00. The van der Waals surface area contributed by atoms with Gasteiger partial charge in [-0.3, -0.25) is 9.69 Å². The average molecular weight is 385 g/mol. The van der Waals surface area contributed by atoms with E-state index in [0.717, 1.165) is 24.1 Å². The molecule has 8 heteroatoms. The smallest absolute Gasteiger partial charge is 0.317 e. The molecule has 1 aromatic heterocycles. The van der Waals surface area contributed by atoms with Crippen molar-refractivity contribution in [3.63, 3.8) is 0 Å². The van der Waals surface area contributed by atoms with E-state index in [1.807, 2.05) is 53.8 Å². The van der Waals surface area contributed by atoms with E-state index in [9.17, 15) is 9.59 Å². The topological polar surface area (TPSA) is 99.5 Å². The van der Waals surface area contributed by atoms with Gasteiger partial charge in [0.05, 0.1) is 18.9 Å². The van der Waals surface area contributed by atoms with Crippen LogP contribution >= 0.6 is 0 Å². The first kappa shape index (κ1) is 19.9. The Morgan fingerprint density at radius 1 is 1.39 bits per heavy atom. The van der Waals surface area contributed by atoms with Crippen molar-refractivity contribution in [1.29, 1.82) is 0 Å². The number of benzene rings is 1. The van der Waals surface area contributed by atoms with Gasteiger partial charge < -0.3 is 20.3 Å². The van der Waals surface area contributed by atoms with Gasteiger partial charge in [0.15, 0.2) is 0 Å². The van der Waals surface area contributed by atoms with Crippen molar-refractivity contribution in [2.24, 2.45) is 0 Å². The lowest BCUT2D eigenvalue weighted by molar-refractivity contribution is -0.139. The molecule has 0 spiro atoms. The van der Waals surface area contributed by atoms with Crippen molar-refractivity contribution in [2.75, 3.05) is 13.1 Å². The van der Waals surface area contributed by atoms with Gasteiger partial charge in [0.25, 0.3) is 0 Å². The van der Waals surface area contributed by atoms with Gasteiger partial charge in [-0.25, -0.2) is 9.78 Å². The molecule has 2 aromatic rings. The first-order valence-corrected chi connectivity index (χ1v) is 9.57. The average Bonchev–Trinajstić information content (AvgIpc) is 3.17. The number of rotatable bonds is 8. The first-order valence-electron chi connectivity index (χ1n) is 9.57. The van der Waals surface area contributed by atoms with Crippen molar-refractivity contribution in [3.05, 3.63) is 48.5 Å². The Hall–Kier alpha value is -2.87. The van der Waals surface area contributed by atoms with Crippen molar-refractivity contribution in [3.8, 4) is 5.69 Å². The zero-order valence-electron chi connectivity index (χ0n) is 16.2. The van der Waals surface area contributed by atoms with E-state index in [1.165, 1.54) is 0 Å². The maximum atomic E-state index is 12.3. The van der Waals surface area contributed by atoms with E-state index < -0.39 is 5.97 Å². The van der Waals surface area contributed by atoms with Crippen molar-refractivity contribution >= 4 is 12.0 Å². The molecule has 1 aromatic carbocycles. The minimum Gasteiger partial charge on any atom is -0.480 e. The molecule has 3 N–H and O–H groups in total. The van der Waals surface area contributed by atoms with Gasteiger partial charge in [0.1, 0.15) is 0 Å². The van der Waals surface area contributed by atoms with Gasteiger partial charge in [0, 0.05) is 30.2 Å². The summed E-state index contributed by atoms with van der Waals surface area (Å²) < 4.78 is 1.92. The number of nitrogens with zero attached hydrogens (tertiary/aromatic N) is 3. The molecule has 150 valence electrons. The molecule has 0 saturated heterocycles. The largest absolute Gasteiger partial charge is 0.480 e. The number of carboxylic acid groups (broad SMARTS) is 1. The lowest BCUT2D eigenvalue weighted by Gasteiger charge is -2.42. The highest BCUT2D eigenvalue weighted by atomic mass is 16.4. The van der Waals surface area contributed by atoms with Crippen molar-refractivity contribution < 1.29 is 14.7 Å². The normalized spacial score (nSPS) is 19.7. The molecule has 1 fully saturated rings. The lowest BCUT2D eigenvalue weighted by atomic mass is 9.85. The third kappa shape index (κ3) is 4.89. The highest BCUT2D eigenvalue weighted by molar-refractivity contribution is 5.75. The number of nitrogens with one attached hydrogen (secondary N) is 2. The van der Waals surface area contributed by atoms with Crippen LogP contribution in [0.3, 0.4) is 0 Å². The van der Waals surface area contributed by atoms with Gasteiger partial charge in [-0.15, -0.1) is 0 Å². The predicted molar refractivity (Wildman–Crippen MR) is 105 cm³/mol. The van der Waals surface area contributed by atoms with Crippen LogP contribution < -0.4 is 10.6 Å². The number of aliphatic carboxylic acids is 1. The molecule has 0 aliphatic heterocycles. The zero-order valence-corrected chi connectivity index (χ0v) is 16.2. The Kier molecular flexibility index (Phi) is 6.30. The number of carbonyl (C=O) groups excluding carboxylic acids is 1. The van der Waals surface area contributed by atoms with Gasteiger partial charge >= 0.3 is 12.0 Å². The van der Waals surface area contributed by atoms with Crippen LogP contribution in [0.2, 0.25) is 0 Å². The molecule has 2 amide bonds. The Labute approximate surface area is 164 Å². The fraction of sp³-hybridized carbons (Fsp3) is 0.450. The number of amides is 2. The number of imidazole rings is 1. The van der Waals surface area contributed by atoms with Gasteiger partial charge in [0.2, 0.25) is 0 Å². The molecular weight excluding hydrogens is 358 g/mol. The van der Waals surface area contributed by atoms with E-state index in [1.54, 1.807) is 12.5 Å².